The average molecular weight is 393 g/mol. The highest BCUT2D eigenvalue weighted by Crippen LogP contribution is 2.42. The smallest absolute Gasteiger partial charge is 0.335 e. The Morgan fingerprint density at radius 1 is 1.07 bits per heavy atom. The van der Waals surface area contributed by atoms with Crippen molar-refractivity contribution in [3.63, 3.8) is 0 Å². The molecule has 1 atom stereocenters. The molecule has 4 heteroatoms. The molecule has 0 fully saturated rings. The largest absolute Gasteiger partial charge is 0.486 e. The topological polar surface area (TPSA) is 46.5 Å². The Bertz CT molecular complexity index is 1030. The first-order chi connectivity index (χ1) is 13.5. The number of carbonyl (C=O) groups is 1. The summed E-state index contributed by atoms with van der Waals surface area (Å²) in [6.07, 6.45) is 2.57. The molecule has 3 nitrogen and oxygen atoms in total. The third-order valence-electron chi connectivity index (χ3n) is 5.33. The lowest BCUT2D eigenvalue weighted by atomic mass is 9.86. The molecule has 0 saturated carbocycles. The number of fused-ring (bicyclic) bond motifs is 1. The van der Waals surface area contributed by atoms with Crippen molar-refractivity contribution in [3.8, 4) is 16.9 Å². The summed E-state index contributed by atoms with van der Waals surface area (Å²) in [6.45, 7) is 2.13. The second-order valence-corrected chi connectivity index (χ2v) is 7.90. The Labute approximate surface area is 169 Å². The van der Waals surface area contributed by atoms with Crippen LogP contribution in [0, 0.1) is 0 Å². The minimum Gasteiger partial charge on any atom is -0.486 e. The molecule has 0 amide bonds. The quantitative estimate of drug-likeness (QED) is 0.589. The van der Waals surface area contributed by atoms with Crippen molar-refractivity contribution >= 4 is 17.6 Å². The van der Waals surface area contributed by atoms with E-state index in [2.05, 4.69) is 13.0 Å². The maximum absolute atomic E-state index is 11.1. The van der Waals surface area contributed by atoms with Gasteiger partial charge in [-0.05, 0) is 54.7 Å². The van der Waals surface area contributed by atoms with Gasteiger partial charge in [0.25, 0.3) is 0 Å². The van der Waals surface area contributed by atoms with Crippen molar-refractivity contribution in [1.82, 2.24) is 0 Å². The van der Waals surface area contributed by atoms with Gasteiger partial charge in [0.05, 0.1) is 5.56 Å². The van der Waals surface area contributed by atoms with Crippen LogP contribution in [0.5, 0.6) is 5.75 Å². The van der Waals surface area contributed by atoms with E-state index < -0.39 is 5.97 Å². The first-order valence-corrected chi connectivity index (χ1v) is 9.71. The van der Waals surface area contributed by atoms with Crippen LogP contribution in [-0.4, -0.2) is 16.7 Å². The number of para-hydroxylation sites is 1. The van der Waals surface area contributed by atoms with Gasteiger partial charge in [-0.15, -0.1) is 0 Å². The Hall–Kier alpha value is -2.78. The van der Waals surface area contributed by atoms with E-state index in [4.69, 9.17) is 21.4 Å². The summed E-state index contributed by atoms with van der Waals surface area (Å²) in [6, 6.07) is 21.0. The molecule has 1 N–H and O–H groups in total. The van der Waals surface area contributed by atoms with Crippen LogP contribution in [0.3, 0.4) is 0 Å². The number of halogens is 1. The molecular weight excluding hydrogens is 372 g/mol. The molecule has 0 saturated heterocycles. The van der Waals surface area contributed by atoms with Crippen molar-refractivity contribution < 1.29 is 14.6 Å². The van der Waals surface area contributed by atoms with E-state index in [0.717, 1.165) is 46.7 Å². The number of aryl methyl sites for hydroxylation is 1. The van der Waals surface area contributed by atoms with Gasteiger partial charge in [0.1, 0.15) is 11.4 Å². The van der Waals surface area contributed by atoms with Crippen molar-refractivity contribution in [3.05, 3.63) is 88.4 Å². The molecule has 1 aliphatic heterocycles. The number of rotatable bonds is 4. The summed E-state index contributed by atoms with van der Waals surface area (Å²) in [7, 11) is 0. The van der Waals surface area contributed by atoms with Gasteiger partial charge in [0, 0.05) is 17.0 Å². The zero-order chi connectivity index (χ0) is 19.7. The Morgan fingerprint density at radius 2 is 1.82 bits per heavy atom. The van der Waals surface area contributed by atoms with Crippen LogP contribution >= 0.6 is 11.6 Å². The average Bonchev–Trinajstić information content (AvgIpc) is 2.69. The Balaban J connectivity index is 1.68. The lowest BCUT2D eigenvalue weighted by molar-refractivity contribution is 0.0661. The molecule has 0 bridgehead atoms. The highest BCUT2D eigenvalue weighted by molar-refractivity contribution is 6.31. The van der Waals surface area contributed by atoms with Gasteiger partial charge in [-0.1, -0.05) is 60.1 Å². The monoisotopic (exact) mass is 392 g/mol. The molecule has 142 valence electrons. The van der Waals surface area contributed by atoms with Crippen LogP contribution in [0.1, 0.15) is 34.8 Å². The predicted octanol–water partition coefficient (Wildman–Crippen LogP) is 6.03. The number of hydrogen-bond acceptors (Lipinski definition) is 2. The normalized spacial score (nSPS) is 18.2. The lowest BCUT2D eigenvalue weighted by Gasteiger charge is -2.37. The van der Waals surface area contributed by atoms with Crippen molar-refractivity contribution in [2.24, 2.45) is 0 Å². The Kier molecular flexibility index (Phi) is 4.86. The molecule has 3 aromatic carbocycles. The SMILES string of the molecule is CC1(Cc2ccccc2Cl)CCc2cccc(-c3ccc(C(=O)O)cc3)c2O1. The van der Waals surface area contributed by atoms with Gasteiger partial charge in [0.15, 0.2) is 0 Å². The van der Waals surface area contributed by atoms with Gasteiger partial charge in [-0.2, -0.15) is 0 Å². The van der Waals surface area contributed by atoms with Gasteiger partial charge in [0.2, 0.25) is 0 Å². The van der Waals surface area contributed by atoms with E-state index in [1.807, 2.05) is 48.5 Å². The van der Waals surface area contributed by atoms with Crippen LogP contribution in [0.2, 0.25) is 5.02 Å². The molecule has 1 unspecified atom stereocenters. The number of benzene rings is 3. The number of hydrogen-bond donors (Lipinski definition) is 1. The van der Waals surface area contributed by atoms with E-state index in [0.29, 0.717) is 0 Å². The summed E-state index contributed by atoms with van der Waals surface area (Å²) < 4.78 is 6.57. The minimum absolute atomic E-state index is 0.276. The zero-order valence-corrected chi connectivity index (χ0v) is 16.4. The molecular formula is C24H21ClO3. The van der Waals surface area contributed by atoms with Crippen LogP contribution in [0.4, 0.5) is 0 Å². The molecule has 1 aliphatic rings. The van der Waals surface area contributed by atoms with Crippen LogP contribution in [0.15, 0.2) is 66.7 Å². The summed E-state index contributed by atoms with van der Waals surface area (Å²) >= 11 is 6.37. The summed E-state index contributed by atoms with van der Waals surface area (Å²) in [4.78, 5) is 11.1. The van der Waals surface area contributed by atoms with E-state index in [1.54, 1.807) is 12.1 Å². The maximum Gasteiger partial charge on any atom is 0.335 e. The van der Waals surface area contributed by atoms with E-state index in [1.165, 1.54) is 5.56 Å². The van der Waals surface area contributed by atoms with Gasteiger partial charge in [-0.3, -0.25) is 0 Å². The fourth-order valence-electron chi connectivity index (χ4n) is 3.79. The first kappa shape index (κ1) is 18.6. The molecule has 0 radical (unpaired) electrons. The fraction of sp³-hybridized carbons (Fsp3) is 0.208. The van der Waals surface area contributed by atoms with E-state index >= 15 is 0 Å². The standard InChI is InChI=1S/C24H21ClO3/c1-24(15-19-5-2-3-8-21(19)25)14-13-17-6-4-7-20(22(17)28-24)16-9-11-18(12-10-16)23(26)27/h2-12H,13-15H2,1H3,(H,26,27). The van der Waals surface area contributed by atoms with Crippen LogP contribution in [-0.2, 0) is 12.8 Å². The van der Waals surface area contributed by atoms with Crippen molar-refractivity contribution in [2.75, 3.05) is 0 Å². The van der Waals surface area contributed by atoms with Gasteiger partial charge < -0.3 is 9.84 Å². The summed E-state index contributed by atoms with van der Waals surface area (Å²) in [5.74, 6) is -0.0448. The van der Waals surface area contributed by atoms with E-state index in [-0.39, 0.29) is 11.2 Å². The van der Waals surface area contributed by atoms with Gasteiger partial charge in [-0.25, -0.2) is 4.79 Å². The highest BCUT2D eigenvalue weighted by atomic mass is 35.5. The fourth-order valence-corrected chi connectivity index (χ4v) is 3.99. The molecule has 0 spiro atoms. The lowest BCUT2D eigenvalue weighted by Crippen LogP contribution is -2.38. The third kappa shape index (κ3) is 3.63. The zero-order valence-electron chi connectivity index (χ0n) is 15.6. The summed E-state index contributed by atoms with van der Waals surface area (Å²) in [5.41, 5.74) is 4.12. The molecule has 4 rings (SSSR count). The maximum atomic E-state index is 11.1. The van der Waals surface area contributed by atoms with E-state index in [9.17, 15) is 4.79 Å². The first-order valence-electron chi connectivity index (χ1n) is 9.33. The third-order valence-corrected chi connectivity index (χ3v) is 5.70. The minimum atomic E-state index is -0.926. The van der Waals surface area contributed by atoms with Gasteiger partial charge >= 0.3 is 5.97 Å². The molecule has 28 heavy (non-hydrogen) atoms. The second kappa shape index (κ2) is 7.33. The second-order valence-electron chi connectivity index (χ2n) is 7.50. The number of carboxylic acid groups (broad SMARTS) is 1. The molecule has 0 aromatic heterocycles. The van der Waals surface area contributed by atoms with Crippen molar-refractivity contribution in [1.29, 1.82) is 0 Å². The molecule has 0 aliphatic carbocycles. The number of carboxylic acids is 1. The highest BCUT2D eigenvalue weighted by Gasteiger charge is 2.33. The molecule has 1 heterocycles. The van der Waals surface area contributed by atoms with Crippen LogP contribution < -0.4 is 4.74 Å². The Morgan fingerprint density at radius 3 is 2.54 bits per heavy atom. The number of aromatic carboxylic acids is 1. The summed E-state index contributed by atoms with van der Waals surface area (Å²) in [5, 5.41) is 9.89. The molecule has 3 aromatic rings. The predicted molar refractivity (Wildman–Crippen MR) is 111 cm³/mol. The number of ether oxygens (including phenoxy) is 1. The van der Waals surface area contributed by atoms with Crippen molar-refractivity contribution in [2.45, 2.75) is 31.8 Å². The van der Waals surface area contributed by atoms with Crippen LogP contribution in [0.25, 0.3) is 11.1 Å².